The third-order valence-electron chi connectivity index (χ3n) is 4.35. The number of rotatable bonds is 5. The van der Waals surface area contributed by atoms with Crippen LogP contribution in [-0.2, 0) is 9.59 Å². The molecule has 1 fully saturated rings. The van der Waals surface area contributed by atoms with E-state index in [0.717, 1.165) is 12.8 Å². The molecule has 1 saturated heterocycles. The van der Waals surface area contributed by atoms with Crippen LogP contribution in [-0.4, -0.2) is 42.3 Å². The molecule has 136 valence electrons. The van der Waals surface area contributed by atoms with E-state index in [-0.39, 0.29) is 29.6 Å². The number of hydrogen-bond donors (Lipinski definition) is 2. The summed E-state index contributed by atoms with van der Waals surface area (Å²) in [6.45, 7) is 7.27. The van der Waals surface area contributed by atoms with E-state index in [1.165, 1.54) is 0 Å². The van der Waals surface area contributed by atoms with Gasteiger partial charge in [0.05, 0.1) is 5.92 Å². The monoisotopic (exact) mass is 345 g/mol. The Kier molecular flexibility index (Phi) is 6.56. The zero-order valence-corrected chi connectivity index (χ0v) is 15.2. The van der Waals surface area contributed by atoms with E-state index in [0.29, 0.717) is 30.9 Å². The Balaban J connectivity index is 2.00. The molecule has 0 aliphatic carbocycles. The minimum absolute atomic E-state index is 0.0201. The van der Waals surface area contributed by atoms with Crippen molar-refractivity contribution >= 4 is 23.4 Å². The number of benzene rings is 1. The quantitative estimate of drug-likeness (QED) is 0.859. The molecule has 25 heavy (non-hydrogen) atoms. The van der Waals surface area contributed by atoms with E-state index in [2.05, 4.69) is 10.6 Å². The molecule has 1 aliphatic heterocycles. The van der Waals surface area contributed by atoms with E-state index < -0.39 is 0 Å². The number of piperidine rings is 1. The maximum absolute atomic E-state index is 12.7. The van der Waals surface area contributed by atoms with Gasteiger partial charge in [-0.05, 0) is 44.0 Å². The number of nitrogens with one attached hydrogen (secondary N) is 2. The van der Waals surface area contributed by atoms with Crippen LogP contribution in [0.3, 0.4) is 0 Å². The van der Waals surface area contributed by atoms with Gasteiger partial charge in [0.25, 0.3) is 5.91 Å². The molecule has 6 nitrogen and oxygen atoms in total. The first-order valence-corrected chi connectivity index (χ1v) is 8.90. The van der Waals surface area contributed by atoms with Crippen molar-refractivity contribution in [2.45, 2.75) is 33.6 Å². The summed E-state index contributed by atoms with van der Waals surface area (Å²) in [7, 11) is 0. The SMILES string of the molecule is CCNC(=O)[C@H]1CCCN(C(=O)c2ccc(NC(=O)C(C)C)cc2)C1. The lowest BCUT2D eigenvalue weighted by atomic mass is 9.96. The number of likely N-dealkylation sites (tertiary alicyclic amines) is 1. The summed E-state index contributed by atoms with van der Waals surface area (Å²) in [6.07, 6.45) is 1.64. The van der Waals surface area contributed by atoms with Gasteiger partial charge in [0, 0.05) is 36.8 Å². The zero-order chi connectivity index (χ0) is 18.4. The van der Waals surface area contributed by atoms with E-state index in [1.54, 1.807) is 29.2 Å². The lowest BCUT2D eigenvalue weighted by Gasteiger charge is -2.32. The van der Waals surface area contributed by atoms with Crippen molar-refractivity contribution in [1.29, 1.82) is 0 Å². The Morgan fingerprint density at radius 1 is 1.20 bits per heavy atom. The molecule has 2 N–H and O–H groups in total. The van der Waals surface area contributed by atoms with Crippen LogP contribution in [0.1, 0.15) is 44.0 Å². The van der Waals surface area contributed by atoms with Gasteiger partial charge < -0.3 is 15.5 Å². The zero-order valence-electron chi connectivity index (χ0n) is 15.2. The summed E-state index contributed by atoms with van der Waals surface area (Å²) in [5.41, 5.74) is 1.24. The number of carbonyl (C=O) groups is 3. The second kappa shape index (κ2) is 8.65. The van der Waals surface area contributed by atoms with Gasteiger partial charge in [-0.1, -0.05) is 13.8 Å². The molecule has 1 aromatic rings. The summed E-state index contributed by atoms with van der Waals surface area (Å²) < 4.78 is 0. The molecule has 1 aliphatic rings. The summed E-state index contributed by atoms with van der Waals surface area (Å²) in [5, 5.41) is 5.64. The van der Waals surface area contributed by atoms with Gasteiger partial charge in [-0.15, -0.1) is 0 Å². The van der Waals surface area contributed by atoms with E-state index in [1.807, 2.05) is 20.8 Å². The number of amides is 3. The Labute approximate surface area is 149 Å². The molecule has 0 unspecified atom stereocenters. The smallest absolute Gasteiger partial charge is 0.253 e. The van der Waals surface area contributed by atoms with E-state index in [4.69, 9.17) is 0 Å². The molecule has 3 amide bonds. The Morgan fingerprint density at radius 2 is 1.88 bits per heavy atom. The van der Waals surface area contributed by atoms with Crippen LogP contribution in [0.25, 0.3) is 0 Å². The lowest BCUT2D eigenvalue weighted by Crippen LogP contribution is -2.45. The fourth-order valence-corrected chi connectivity index (χ4v) is 2.86. The summed E-state index contributed by atoms with van der Waals surface area (Å²) in [6, 6.07) is 6.90. The fraction of sp³-hybridized carbons (Fsp3) is 0.526. The van der Waals surface area contributed by atoms with Crippen molar-refractivity contribution in [3.05, 3.63) is 29.8 Å². The van der Waals surface area contributed by atoms with Gasteiger partial charge in [-0.3, -0.25) is 14.4 Å². The first-order valence-electron chi connectivity index (χ1n) is 8.90. The molecule has 2 rings (SSSR count). The van der Waals surface area contributed by atoms with Gasteiger partial charge in [-0.2, -0.15) is 0 Å². The molecule has 0 aromatic heterocycles. The minimum atomic E-state index is -0.137. The van der Waals surface area contributed by atoms with Gasteiger partial charge in [0.15, 0.2) is 0 Å². The average molecular weight is 345 g/mol. The summed E-state index contributed by atoms with van der Waals surface area (Å²) in [5.74, 6) is -0.342. The van der Waals surface area contributed by atoms with Crippen molar-refractivity contribution < 1.29 is 14.4 Å². The van der Waals surface area contributed by atoms with Gasteiger partial charge in [0.1, 0.15) is 0 Å². The topological polar surface area (TPSA) is 78.5 Å². The highest BCUT2D eigenvalue weighted by molar-refractivity contribution is 5.96. The van der Waals surface area contributed by atoms with Gasteiger partial charge >= 0.3 is 0 Å². The maximum Gasteiger partial charge on any atom is 0.253 e. The fourth-order valence-electron chi connectivity index (χ4n) is 2.86. The van der Waals surface area contributed by atoms with E-state index >= 15 is 0 Å². The van der Waals surface area contributed by atoms with Crippen molar-refractivity contribution in [2.24, 2.45) is 11.8 Å². The molecule has 0 radical (unpaired) electrons. The molecular formula is C19H27N3O3. The molecule has 0 spiro atoms. The third kappa shape index (κ3) is 5.05. The molecule has 0 saturated carbocycles. The number of carbonyl (C=O) groups excluding carboxylic acids is 3. The van der Waals surface area contributed by atoms with Crippen LogP contribution >= 0.6 is 0 Å². The Morgan fingerprint density at radius 3 is 2.48 bits per heavy atom. The van der Waals surface area contributed by atoms with E-state index in [9.17, 15) is 14.4 Å². The van der Waals surface area contributed by atoms with Crippen molar-refractivity contribution in [1.82, 2.24) is 10.2 Å². The first-order chi connectivity index (χ1) is 11.9. The van der Waals surface area contributed by atoms with Crippen LogP contribution in [0.2, 0.25) is 0 Å². The van der Waals surface area contributed by atoms with Crippen LogP contribution in [0.15, 0.2) is 24.3 Å². The Hall–Kier alpha value is -2.37. The van der Waals surface area contributed by atoms with Crippen LogP contribution < -0.4 is 10.6 Å². The van der Waals surface area contributed by atoms with Crippen LogP contribution in [0.4, 0.5) is 5.69 Å². The maximum atomic E-state index is 12.7. The highest BCUT2D eigenvalue weighted by Crippen LogP contribution is 2.20. The third-order valence-corrected chi connectivity index (χ3v) is 4.35. The predicted molar refractivity (Wildman–Crippen MR) is 97.2 cm³/mol. The summed E-state index contributed by atoms with van der Waals surface area (Å²) in [4.78, 5) is 38.1. The minimum Gasteiger partial charge on any atom is -0.356 e. The first kappa shape index (κ1) is 19.0. The standard InChI is InChI=1S/C19H27N3O3/c1-4-20-18(24)15-6-5-11-22(12-15)19(25)14-7-9-16(10-8-14)21-17(23)13(2)3/h7-10,13,15H,4-6,11-12H2,1-3H3,(H,20,24)(H,21,23)/t15-/m0/s1. The number of nitrogens with zero attached hydrogens (tertiary/aromatic N) is 1. The van der Waals surface area contributed by atoms with Crippen molar-refractivity contribution in [3.8, 4) is 0 Å². The second-order valence-electron chi connectivity index (χ2n) is 6.71. The molecule has 0 bridgehead atoms. The van der Waals surface area contributed by atoms with Crippen molar-refractivity contribution in [2.75, 3.05) is 25.0 Å². The largest absolute Gasteiger partial charge is 0.356 e. The van der Waals surface area contributed by atoms with Crippen LogP contribution in [0.5, 0.6) is 0 Å². The Bertz CT molecular complexity index is 625. The lowest BCUT2D eigenvalue weighted by molar-refractivity contribution is -0.126. The highest BCUT2D eigenvalue weighted by atomic mass is 16.2. The average Bonchev–Trinajstić information content (AvgIpc) is 2.62. The normalized spacial score (nSPS) is 17.3. The highest BCUT2D eigenvalue weighted by Gasteiger charge is 2.28. The molecule has 6 heteroatoms. The van der Waals surface area contributed by atoms with Crippen molar-refractivity contribution in [3.63, 3.8) is 0 Å². The number of anilines is 1. The van der Waals surface area contributed by atoms with Gasteiger partial charge in [0.2, 0.25) is 11.8 Å². The second-order valence-corrected chi connectivity index (χ2v) is 6.71. The van der Waals surface area contributed by atoms with Crippen LogP contribution in [0, 0.1) is 11.8 Å². The van der Waals surface area contributed by atoms with Gasteiger partial charge in [-0.25, -0.2) is 0 Å². The predicted octanol–water partition coefficient (Wildman–Crippen LogP) is 2.27. The molecular weight excluding hydrogens is 318 g/mol. The molecule has 1 atom stereocenters. The molecule has 1 aromatic carbocycles. The summed E-state index contributed by atoms with van der Waals surface area (Å²) >= 11 is 0. The molecule has 1 heterocycles. The number of hydrogen-bond acceptors (Lipinski definition) is 3.